The number of ether oxygens (including phenoxy) is 1. The van der Waals surface area contributed by atoms with E-state index in [1.165, 1.54) is 21.7 Å². The van der Waals surface area contributed by atoms with Crippen molar-refractivity contribution >= 4 is 23.1 Å². The zero-order valence-corrected chi connectivity index (χ0v) is 13.2. The minimum atomic E-state index is -0.457. The lowest BCUT2D eigenvalue weighted by Gasteiger charge is -2.20. The molecule has 3 nitrogen and oxygen atoms in total. The lowest BCUT2D eigenvalue weighted by molar-refractivity contribution is 0.0635. The van der Waals surface area contributed by atoms with E-state index in [0.717, 1.165) is 18.5 Å². The number of thiophene rings is 1. The molecule has 0 saturated carbocycles. The Morgan fingerprint density at radius 2 is 2.00 bits per heavy atom. The molecule has 0 atom stereocenters. The SMILES string of the molecule is CC(C)c1sc2c(c1NC(=O)OC(C)(C)C)CCC2. The zero-order chi connectivity index (χ0) is 14.2. The number of hydrogen-bond donors (Lipinski definition) is 1. The maximum atomic E-state index is 12.0. The van der Waals surface area contributed by atoms with E-state index in [2.05, 4.69) is 19.2 Å². The van der Waals surface area contributed by atoms with Crippen molar-refractivity contribution in [1.29, 1.82) is 0 Å². The summed E-state index contributed by atoms with van der Waals surface area (Å²) in [6.45, 7) is 9.98. The van der Waals surface area contributed by atoms with Crippen LogP contribution in [0.1, 0.15) is 62.3 Å². The molecule has 1 N–H and O–H groups in total. The Morgan fingerprint density at radius 1 is 1.32 bits per heavy atom. The standard InChI is InChI=1S/C15H23NO2S/c1-9(2)13-12(10-7-6-8-11(10)19-13)16-14(17)18-15(3,4)5/h9H,6-8H2,1-5H3,(H,16,17). The highest BCUT2D eigenvalue weighted by Crippen LogP contribution is 2.42. The normalized spacial score (nSPS) is 14.6. The van der Waals surface area contributed by atoms with Crippen LogP contribution in [0.15, 0.2) is 0 Å². The molecule has 0 saturated heterocycles. The maximum Gasteiger partial charge on any atom is 0.412 e. The molecule has 1 heterocycles. The summed E-state index contributed by atoms with van der Waals surface area (Å²) in [6.07, 6.45) is 3.07. The minimum Gasteiger partial charge on any atom is -0.444 e. The van der Waals surface area contributed by atoms with Crippen LogP contribution in [0.4, 0.5) is 10.5 Å². The van der Waals surface area contributed by atoms with Crippen LogP contribution in [0.3, 0.4) is 0 Å². The largest absolute Gasteiger partial charge is 0.444 e. The van der Waals surface area contributed by atoms with Gasteiger partial charge < -0.3 is 4.74 Å². The van der Waals surface area contributed by atoms with Crippen LogP contribution in [0.25, 0.3) is 0 Å². The van der Waals surface area contributed by atoms with E-state index >= 15 is 0 Å². The molecular formula is C15H23NO2S. The van der Waals surface area contributed by atoms with Crippen molar-refractivity contribution in [2.75, 3.05) is 5.32 Å². The first-order valence-corrected chi connectivity index (χ1v) is 7.74. The fourth-order valence-corrected chi connectivity index (χ4v) is 3.73. The quantitative estimate of drug-likeness (QED) is 0.852. The topological polar surface area (TPSA) is 38.3 Å². The van der Waals surface area contributed by atoms with Crippen molar-refractivity contribution in [1.82, 2.24) is 0 Å². The number of carbonyl (C=O) groups excluding carboxylic acids is 1. The molecule has 106 valence electrons. The van der Waals surface area contributed by atoms with Gasteiger partial charge in [0, 0.05) is 9.75 Å². The van der Waals surface area contributed by atoms with Crippen LogP contribution >= 0.6 is 11.3 Å². The molecule has 0 fully saturated rings. The molecule has 0 aromatic carbocycles. The van der Waals surface area contributed by atoms with Gasteiger partial charge in [0.1, 0.15) is 5.60 Å². The van der Waals surface area contributed by atoms with Crippen molar-refractivity contribution in [2.24, 2.45) is 0 Å². The summed E-state index contributed by atoms with van der Waals surface area (Å²) in [5, 5.41) is 2.98. The lowest BCUT2D eigenvalue weighted by atomic mass is 10.1. The highest BCUT2D eigenvalue weighted by molar-refractivity contribution is 7.13. The Bertz CT molecular complexity index is 483. The smallest absolute Gasteiger partial charge is 0.412 e. The Morgan fingerprint density at radius 3 is 2.58 bits per heavy atom. The van der Waals surface area contributed by atoms with Crippen LogP contribution in [0, 0.1) is 0 Å². The number of hydrogen-bond acceptors (Lipinski definition) is 3. The number of fused-ring (bicyclic) bond motifs is 1. The predicted molar refractivity (Wildman–Crippen MR) is 80.3 cm³/mol. The fraction of sp³-hybridized carbons (Fsp3) is 0.667. The molecule has 4 heteroatoms. The Balaban J connectivity index is 2.22. The van der Waals surface area contributed by atoms with E-state index in [1.807, 2.05) is 32.1 Å². The molecule has 0 aliphatic heterocycles. The first-order chi connectivity index (χ1) is 8.78. The minimum absolute atomic E-state index is 0.345. The Hall–Kier alpha value is -1.03. The maximum absolute atomic E-state index is 12.0. The summed E-state index contributed by atoms with van der Waals surface area (Å²) < 4.78 is 5.36. The second-order valence-corrected chi connectivity index (χ2v) is 7.51. The van der Waals surface area contributed by atoms with Crippen molar-refractivity contribution in [3.63, 3.8) is 0 Å². The molecule has 0 spiro atoms. The van der Waals surface area contributed by atoms with Crippen LogP contribution in [0.5, 0.6) is 0 Å². The van der Waals surface area contributed by atoms with Crippen molar-refractivity contribution in [2.45, 2.75) is 65.4 Å². The van der Waals surface area contributed by atoms with E-state index in [9.17, 15) is 4.79 Å². The highest BCUT2D eigenvalue weighted by Gasteiger charge is 2.26. The van der Waals surface area contributed by atoms with E-state index in [4.69, 9.17) is 4.74 Å². The number of aryl methyl sites for hydroxylation is 1. The van der Waals surface area contributed by atoms with Crippen molar-refractivity contribution < 1.29 is 9.53 Å². The molecule has 1 aliphatic carbocycles. The average molecular weight is 281 g/mol. The van der Waals surface area contributed by atoms with Gasteiger partial charge in [0.25, 0.3) is 0 Å². The van der Waals surface area contributed by atoms with E-state index < -0.39 is 5.60 Å². The first-order valence-electron chi connectivity index (χ1n) is 6.92. The van der Waals surface area contributed by atoms with Crippen molar-refractivity contribution in [3.05, 3.63) is 15.3 Å². The van der Waals surface area contributed by atoms with Gasteiger partial charge >= 0.3 is 6.09 Å². The predicted octanol–water partition coefficient (Wildman–Crippen LogP) is 4.71. The number of nitrogens with one attached hydrogen (secondary N) is 1. The summed E-state index contributed by atoms with van der Waals surface area (Å²) in [4.78, 5) is 14.7. The third-order valence-electron chi connectivity index (χ3n) is 3.10. The first kappa shape index (κ1) is 14.4. The van der Waals surface area contributed by atoms with Gasteiger partial charge in [-0.15, -0.1) is 11.3 Å². The molecule has 1 aromatic rings. The number of amides is 1. The molecule has 1 aromatic heterocycles. The van der Waals surface area contributed by atoms with Gasteiger partial charge in [-0.05, 0) is 51.5 Å². The van der Waals surface area contributed by atoms with E-state index in [-0.39, 0.29) is 6.09 Å². The molecule has 0 unspecified atom stereocenters. The lowest BCUT2D eigenvalue weighted by Crippen LogP contribution is -2.27. The van der Waals surface area contributed by atoms with Gasteiger partial charge in [-0.3, -0.25) is 5.32 Å². The number of rotatable bonds is 2. The van der Waals surface area contributed by atoms with Gasteiger partial charge in [0.15, 0.2) is 0 Å². The molecular weight excluding hydrogens is 258 g/mol. The number of carbonyl (C=O) groups is 1. The summed E-state index contributed by atoms with van der Waals surface area (Å²) >= 11 is 1.85. The van der Waals surface area contributed by atoms with Gasteiger partial charge in [-0.2, -0.15) is 0 Å². The summed E-state index contributed by atoms with van der Waals surface area (Å²) in [5.74, 6) is 0.431. The third kappa shape index (κ3) is 3.30. The third-order valence-corrected chi connectivity index (χ3v) is 4.69. The van der Waals surface area contributed by atoms with E-state index in [1.54, 1.807) is 0 Å². The summed E-state index contributed by atoms with van der Waals surface area (Å²) in [7, 11) is 0. The molecule has 2 rings (SSSR count). The fourth-order valence-electron chi connectivity index (χ4n) is 2.37. The summed E-state index contributed by atoms with van der Waals surface area (Å²) in [6, 6.07) is 0. The van der Waals surface area contributed by atoms with Gasteiger partial charge in [0.2, 0.25) is 0 Å². The molecule has 19 heavy (non-hydrogen) atoms. The van der Waals surface area contributed by atoms with Crippen molar-refractivity contribution in [3.8, 4) is 0 Å². The molecule has 0 radical (unpaired) electrons. The summed E-state index contributed by atoms with van der Waals surface area (Å²) in [5.41, 5.74) is 1.89. The second-order valence-electron chi connectivity index (χ2n) is 6.38. The Kier molecular flexibility index (Phi) is 3.90. The second kappa shape index (κ2) is 5.16. The van der Waals surface area contributed by atoms with Crippen LogP contribution in [-0.4, -0.2) is 11.7 Å². The van der Waals surface area contributed by atoms with Gasteiger partial charge in [0.05, 0.1) is 5.69 Å². The monoisotopic (exact) mass is 281 g/mol. The average Bonchev–Trinajstić information content (AvgIpc) is 2.77. The molecule has 0 bridgehead atoms. The number of anilines is 1. The molecule has 1 aliphatic rings. The van der Waals surface area contributed by atoms with Gasteiger partial charge in [-0.1, -0.05) is 13.8 Å². The van der Waals surface area contributed by atoms with Crippen LogP contribution in [0.2, 0.25) is 0 Å². The highest BCUT2D eigenvalue weighted by atomic mass is 32.1. The molecule has 1 amide bonds. The zero-order valence-electron chi connectivity index (χ0n) is 12.4. The Labute approximate surface area is 119 Å². The van der Waals surface area contributed by atoms with Crippen LogP contribution in [-0.2, 0) is 17.6 Å². The van der Waals surface area contributed by atoms with Gasteiger partial charge in [-0.25, -0.2) is 4.79 Å². The van der Waals surface area contributed by atoms with E-state index in [0.29, 0.717) is 5.92 Å². The van der Waals surface area contributed by atoms with Crippen LogP contribution < -0.4 is 5.32 Å².